The molecular formula is C16H21N3O4. The highest BCUT2D eigenvalue weighted by atomic mass is 16.3. The maximum absolute atomic E-state index is 12.6. The first-order valence-electron chi connectivity index (χ1n) is 7.67. The molecule has 2 amide bonds. The van der Waals surface area contributed by atoms with Gasteiger partial charge in [-0.05, 0) is 13.8 Å². The molecule has 0 bridgehead atoms. The summed E-state index contributed by atoms with van der Waals surface area (Å²) >= 11 is 0. The number of rotatable bonds is 3. The minimum Gasteiger partial charge on any atom is -0.459 e. The van der Waals surface area contributed by atoms with Crippen molar-refractivity contribution in [2.45, 2.75) is 26.4 Å². The van der Waals surface area contributed by atoms with Gasteiger partial charge < -0.3 is 24.7 Å². The average Bonchev–Trinajstić information content (AvgIpc) is 3.16. The van der Waals surface area contributed by atoms with E-state index in [0.29, 0.717) is 17.8 Å². The van der Waals surface area contributed by atoms with Crippen molar-refractivity contribution < 1.29 is 19.1 Å². The fourth-order valence-electron chi connectivity index (χ4n) is 3.06. The fourth-order valence-corrected chi connectivity index (χ4v) is 3.06. The Labute approximate surface area is 133 Å². The van der Waals surface area contributed by atoms with Crippen molar-refractivity contribution in [3.05, 3.63) is 23.1 Å². The molecule has 0 unspecified atom stereocenters. The minimum absolute atomic E-state index is 0.133. The number of nitrogens with zero attached hydrogens (tertiary/aromatic N) is 1. The Balaban J connectivity index is 1.76. The predicted octanol–water partition coefficient (Wildman–Crippen LogP) is 0.947. The van der Waals surface area contributed by atoms with Crippen LogP contribution in [0.25, 0.3) is 11.1 Å². The maximum Gasteiger partial charge on any atom is 0.270 e. The molecule has 3 rings (SSSR count). The van der Waals surface area contributed by atoms with Crippen LogP contribution in [0.3, 0.4) is 0 Å². The molecule has 2 atom stereocenters. The lowest BCUT2D eigenvalue weighted by Crippen LogP contribution is -2.30. The number of hydrogen-bond donors (Lipinski definition) is 3. The van der Waals surface area contributed by atoms with Crippen LogP contribution in [0.15, 0.2) is 10.5 Å². The number of amides is 2. The topological polar surface area (TPSA) is 98.6 Å². The average molecular weight is 319 g/mol. The number of likely N-dealkylation sites (tertiary alicyclic amines) is 1. The fraction of sp³-hybridized carbons (Fsp3) is 0.500. The number of aliphatic hydroxyl groups is 1. The standard InChI is InChI=1S/C16H21N3O4/c1-8-9(2)23-13-5-11(18-15(8)13)16(22)19-6-10(12(20)7-19)4-14(21)17-3/h5,10,12,18,20H,4,6-7H2,1-3H3,(H,17,21)/t10-,12-/m1/s1. The summed E-state index contributed by atoms with van der Waals surface area (Å²) in [6, 6.07) is 1.69. The van der Waals surface area contributed by atoms with Crippen molar-refractivity contribution in [3.8, 4) is 0 Å². The molecule has 1 aliphatic heterocycles. The number of aromatic amines is 1. The third kappa shape index (κ3) is 2.72. The second-order valence-corrected chi connectivity index (χ2v) is 6.12. The second-order valence-electron chi connectivity index (χ2n) is 6.12. The van der Waals surface area contributed by atoms with Crippen molar-refractivity contribution in [2.75, 3.05) is 20.1 Å². The first-order chi connectivity index (χ1) is 10.9. The van der Waals surface area contributed by atoms with Crippen LogP contribution < -0.4 is 5.32 Å². The van der Waals surface area contributed by atoms with E-state index in [4.69, 9.17) is 4.42 Å². The highest BCUT2D eigenvalue weighted by molar-refractivity contribution is 5.97. The number of aliphatic hydroxyl groups excluding tert-OH is 1. The molecule has 0 aliphatic carbocycles. The first-order valence-corrected chi connectivity index (χ1v) is 7.67. The van der Waals surface area contributed by atoms with Crippen LogP contribution in [0.2, 0.25) is 0 Å². The van der Waals surface area contributed by atoms with Gasteiger partial charge in [-0.1, -0.05) is 0 Å². The number of furan rings is 1. The van der Waals surface area contributed by atoms with Crippen LogP contribution in [0.1, 0.15) is 28.2 Å². The van der Waals surface area contributed by atoms with Crippen LogP contribution in [-0.4, -0.2) is 53.0 Å². The normalized spacial score (nSPS) is 21.1. The molecule has 1 aliphatic rings. The molecule has 124 valence electrons. The SMILES string of the molecule is CNC(=O)C[C@@H]1CN(C(=O)c2cc3oc(C)c(C)c3[nH]2)C[C@H]1O. The quantitative estimate of drug-likeness (QED) is 0.784. The predicted molar refractivity (Wildman–Crippen MR) is 84.1 cm³/mol. The molecule has 3 N–H and O–H groups in total. The molecule has 23 heavy (non-hydrogen) atoms. The molecule has 7 heteroatoms. The third-order valence-electron chi connectivity index (χ3n) is 4.60. The van der Waals surface area contributed by atoms with E-state index in [1.165, 1.54) is 0 Å². The first kappa shape index (κ1) is 15.6. The lowest BCUT2D eigenvalue weighted by atomic mass is 10.0. The van der Waals surface area contributed by atoms with E-state index in [9.17, 15) is 14.7 Å². The zero-order chi connectivity index (χ0) is 16.7. The van der Waals surface area contributed by atoms with Gasteiger partial charge in [-0.2, -0.15) is 0 Å². The molecule has 3 heterocycles. The zero-order valence-corrected chi connectivity index (χ0v) is 13.5. The Kier molecular flexibility index (Phi) is 3.89. The van der Waals surface area contributed by atoms with Crippen LogP contribution in [0.4, 0.5) is 0 Å². The van der Waals surface area contributed by atoms with Gasteiger partial charge in [0.15, 0.2) is 5.58 Å². The molecule has 1 fully saturated rings. The summed E-state index contributed by atoms with van der Waals surface area (Å²) < 4.78 is 5.60. The monoisotopic (exact) mass is 319 g/mol. The van der Waals surface area contributed by atoms with Crippen LogP contribution >= 0.6 is 0 Å². The zero-order valence-electron chi connectivity index (χ0n) is 13.5. The van der Waals surface area contributed by atoms with Crippen molar-refractivity contribution >= 4 is 22.9 Å². The van der Waals surface area contributed by atoms with Gasteiger partial charge in [-0.15, -0.1) is 0 Å². The van der Waals surface area contributed by atoms with Crippen molar-refractivity contribution in [3.63, 3.8) is 0 Å². The number of carbonyl (C=O) groups excluding carboxylic acids is 2. The van der Waals surface area contributed by atoms with E-state index in [-0.39, 0.29) is 30.7 Å². The molecule has 0 radical (unpaired) electrons. The molecule has 2 aromatic rings. The summed E-state index contributed by atoms with van der Waals surface area (Å²) in [4.78, 5) is 28.7. The molecule has 0 aromatic carbocycles. The number of aromatic nitrogens is 1. The summed E-state index contributed by atoms with van der Waals surface area (Å²) in [6.45, 7) is 4.42. The Bertz CT molecular complexity index is 761. The molecule has 7 nitrogen and oxygen atoms in total. The van der Waals surface area contributed by atoms with Crippen molar-refractivity contribution in [1.29, 1.82) is 0 Å². The molecular weight excluding hydrogens is 298 g/mol. The number of hydrogen-bond acceptors (Lipinski definition) is 4. The van der Waals surface area contributed by atoms with E-state index in [1.807, 2.05) is 13.8 Å². The van der Waals surface area contributed by atoms with Gasteiger partial charge in [0.1, 0.15) is 11.5 Å². The van der Waals surface area contributed by atoms with Gasteiger partial charge in [0, 0.05) is 44.1 Å². The van der Waals surface area contributed by atoms with E-state index < -0.39 is 6.10 Å². The van der Waals surface area contributed by atoms with Crippen LogP contribution in [0, 0.1) is 19.8 Å². The van der Waals surface area contributed by atoms with Gasteiger partial charge in [0.25, 0.3) is 5.91 Å². The Hall–Kier alpha value is -2.28. The maximum atomic E-state index is 12.6. The van der Waals surface area contributed by atoms with E-state index >= 15 is 0 Å². The van der Waals surface area contributed by atoms with Gasteiger partial charge in [0.05, 0.1) is 11.6 Å². The Morgan fingerprint density at radius 1 is 1.43 bits per heavy atom. The second kappa shape index (κ2) is 5.73. The summed E-state index contributed by atoms with van der Waals surface area (Å²) in [5.41, 5.74) is 2.91. The van der Waals surface area contributed by atoms with Crippen molar-refractivity contribution in [1.82, 2.24) is 15.2 Å². The van der Waals surface area contributed by atoms with Gasteiger partial charge in [-0.3, -0.25) is 9.59 Å². The highest BCUT2D eigenvalue weighted by Gasteiger charge is 2.36. The van der Waals surface area contributed by atoms with Gasteiger partial charge in [-0.25, -0.2) is 0 Å². The highest BCUT2D eigenvalue weighted by Crippen LogP contribution is 2.27. The number of carbonyl (C=O) groups is 2. The van der Waals surface area contributed by atoms with E-state index in [2.05, 4.69) is 10.3 Å². The largest absolute Gasteiger partial charge is 0.459 e. The Morgan fingerprint density at radius 2 is 2.17 bits per heavy atom. The number of fused-ring (bicyclic) bond motifs is 1. The third-order valence-corrected chi connectivity index (χ3v) is 4.60. The number of nitrogens with one attached hydrogen (secondary N) is 2. The lowest BCUT2D eigenvalue weighted by Gasteiger charge is -2.14. The number of β-amino-alcohol motifs (C(OH)–C–C–N with tert-alkyl or cyclic N) is 1. The van der Waals surface area contributed by atoms with Gasteiger partial charge in [0.2, 0.25) is 5.91 Å². The van der Waals surface area contributed by atoms with Crippen LogP contribution in [-0.2, 0) is 4.79 Å². The minimum atomic E-state index is -0.682. The smallest absolute Gasteiger partial charge is 0.270 e. The summed E-state index contributed by atoms with van der Waals surface area (Å²) in [7, 11) is 1.56. The Morgan fingerprint density at radius 3 is 2.83 bits per heavy atom. The van der Waals surface area contributed by atoms with Crippen molar-refractivity contribution in [2.24, 2.45) is 5.92 Å². The van der Waals surface area contributed by atoms with E-state index in [0.717, 1.165) is 16.8 Å². The summed E-state index contributed by atoms with van der Waals surface area (Å²) in [5.74, 6) is 0.270. The molecule has 2 aromatic heterocycles. The number of aryl methyl sites for hydroxylation is 2. The number of H-pyrrole nitrogens is 1. The summed E-state index contributed by atoms with van der Waals surface area (Å²) in [6.07, 6.45) is -0.467. The molecule has 1 saturated heterocycles. The van der Waals surface area contributed by atoms with Crippen LogP contribution in [0.5, 0.6) is 0 Å². The molecule has 0 saturated carbocycles. The summed E-state index contributed by atoms with van der Waals surface area (Å²) in [5, 5.41) is 12.6. The lowest BCUT2D eigenvalue weighted by molar-refractivity contribution is -0.122. The van der Waals surface area contributed by atoms with E-state index in [1.54, 1.807) is 18.0 Å². The van der Waals surface area contributed by atoms with Gasteiger partial charge >= 0.3 is 0 Å². The molecule has 0 spiro atoms.